The average Bonchev–Trinajstić information content (AvgIpc) is 1.96. The number of unbranched alkanes of at least 4 members (excludes halogenated alkanes) is 3. The van der Waals surface area contributed by atoms with E-state index in [1.807, 2.05) is 0 Å². The van der Waals surface area contributed by atoms with E-state index in [-0.39, 0.29) is 0 Å². The van der Waals surface area contributed by atoms with Crippen molar-refractivity contribution in [2.24, 2.45) is 0 Å². The Kier molecular flexibility index (Phi) is 9.33. The summed E-state index contributed by atoms with van der Waals surface area (Å²) in [5.41, 5.74) is 0. The Labute approximate surface area is 84.5 Å². The molecule has 2 heteroatoms. The van der Waals surface area contributed by atoms with Gasteiger partial charge in [0.2, 0.25) is 0 Å². The van der Waals surface area contributed by atoms with Gasteiger partial charge < -0.3 is 5.32 Å². The molecular formula is C9H20IN. The first kappa shape index (κ1) is 11.7. The summed E-state index contributed by atoms with van der Waals surface area (Å²) in [5, 5.41) is 3.42. The largest absolute Gasteiger partial charge is 0.315 e. The maximum atomic E-state index is 3.42. The van der Waals surface area contributed by atoms with Crippen LogP contribution in [0.2, 0.25) is 0 Å². The van der Waals surface area contributed by atoms with E-state index < -0.39 is 0 Å². The number of hydrogen-bond acceptors (Lipinski definition) is 1. The van der Waals surface area contributed by atoms with Crippen LogP contribution in [0.5, 0.6) is 0 Å². The lowest BCUT2D eigenvalue weighted by atomic mass is 10.2. The van der Waals surface area contributed by atoms with E-state index >= 15 is 0 Å². The minimum absolute atomic E-state index is 0.652. The van der Waals surface area contributed by atoms with Crippen molar-refractivity contribution in [2.75, 3.05) is 11.0 Å². The van der Waals surface area contributed by atoms with Crippen LogP contribution in [0.15, 0.2) is 0 Å². The molecule has 0 aliphatic rings. The third-order valence-corrected chi connectivity index (χ3v) is 2.38. The van der Waals surface area contributed by atoms with Crippen LogP contribution < -0.4 is 5.32 Å². The summed E-state index contributed by atoms with van der Waals surface area (Å²) in [6.07, 6.45) is 5.53. The Hall–Kier alpha value is 0.690. The van der Waals surface area contributed by atoms with E-state index in [2.05, 4.69) is 41.8 Å². The Morgan fingerprint density at radius 2 is 1.73 bits per heavy atom. The fraction of sp³-hybridized carbons (Fsp3) is 1.00. The number of rotatable bonds is 7. The van der Waals surface area contributed by atoms with Crippen LogP contribution >= 0.6 is 22.6 Å². The van der Waals surface area contributed by atoms with Gasteiger partial charge in [-0.1, -0.05) is 49.3 Å². The molecule has 1 N–H and O–H groups in total. The van der Waals surface area contributed by atoms with Crippen LogP contribution in [-0.4, -0.2) is 17.0 Å². The van der Waals surface area contributed by atoms with Crippen molar-refractivity contribution >= 4 is 22.6 Å². The predicted octanol–water partition coefficient (Wildman–Crippen LogP) is 2.98. The van der Waals surface area contributed by atoms with Crippen molar-refractivity contribution in [3.63, 3.8) is 0 Å². The molecule has 0 aliphatic carbocycles. The lowest BCUT2D eigenvalue weighted by Gasteiger charge is -2.06. The fourth-order valence-corrected chi connectivity index (χ4v) is 1.50. The zero-order valence-electron chi connectivity index (χ0n) is 7.70. The summed E-state index contributed by atoms with van der Waals surface area (Å²) in [7, 11) is 0. The minimum atomic E-state index is 0.652. The van der Waals surface area contributed by atoms with Crippen molar-refractivity contribution in [1.29, 1.82) is 0 Å². The molecule has 0 aromatic rings. The van der Waals surface area contributed by atoms with Crippen molar-refractivity contribution in [2.45, 2.75) is 45.6 Å². The number of alkyl halides is 1. The average molecular weight is 269 g/mol. The van der Waals surface area contributed by atoms with Gasteiger partial charge in [-0.15, -0.1) is 0 Å². The van der Waals surface area contributed by atoms with Crippen LogP contribution in [0, 0.1) is 0 Å². The fourth-order valence-electron chi connectivity index (χ4n) is 0.964. The lowest BCUT2D eigenvalue weighted by molar-refractivity contribution is 0.547. The molecule has 0 bridgehead atoms. The molecule has 0 atom stereocenters. The molecule has 0 rings (SSSR count). The topological polar surface area (TPSA) is 12.0 Å². The van der Waals surface area contributed by atoms with E-state index in [1.165, 1.54) is 36.7 Å². The van der Waals surface area contributed by atoms with Gasteiger partial charge in [0.1, 0.15) is 0 Å². The molecule has 0 saturated heterocycles. The van der Waals surface area contributed by atoms with Crippen molar-refractivity contribution in [3.05, 3.63) is 0 Å². The highest BCUT2D eigenvalue weighted by atomic mass is 127. The smallest absolute Gasteiger partial charge is 0.00103 e. The van der Waals surface area contributed by atoms with Gasteiger partial charge >= 0.3 is 0 Å². The zero-order valence-corrected chi connectivity index (χ0v) is 9.86. The van der Waals surface area contributed by atoms with Gasteiger partial charge in [-0.05, 0) is 23.8 Å². The lowest BCUT2D eigenvalue weighted by Crippen LogP contribution is -2.23. The Morgan fingerprint density at radius 3 is 2.27 bits per heavy atom. The standard InChI is InChI=1S/C9H20IN/c1-9(2)11-8-6-4-3-5-7-10/h9,11H,3-8H2,1-2H3. The molecule has 0 unspecified atom stereocenters. The van der Waals surface area contributed by atoms with Crippen molar-refractivity contribution < 1.29 is 0 Å². The molecule has 11 heavy (non-hydrogen) atoms. The van der Waals surface area contributed by atoms with Gasteiger partial charge in [-0.2, -0.15) is 0 Å². The van der Waals surface area contributed by atoms with Crippen LogP contribution in [0.25, 0.3) is 0 Å². The maximum absolute atomic E-state index is 3.42. The third-order valence-electron chi connectivity index (χ3n) is 1.61. The number of hydrogen-bond donors (Lipinski definition) is 1. The first-order chi connectivity index (χ1) is 5.27. The quantitative estimate of drug-likeness (QED) is 0.425. The van der Waals surface area contributed by atoms with Gasteiger partial charge in [-0.25, -0.2) is 0 Å². The molecule has 0 aliphatic heterocycles. The maximum Gasteiger partial charge on any atom is 0.00103 e. The van der Waals surface area contributed by atoms with Gasteiger partial charge in [-0.3, -0.25) is 0 Å². The summed E-state index contributed by atoms with van der Waals surface area (Å²) in [6.45, 7) is 5.59. The molecule has 1 nitrogen and oxygen atoms in total. The molecular weight excluding hydrogens is 249 g/mol. The molecule has 0 fully saturated rings. The molecule has 0 radical (unpaired) electrons. The minimum Gasteiger partial charge on any atom is -0.315 e. The monoisotopic (exact) mass is 269 g/mol. The molecule has 0 heterocycles. The second-order valence-corrected chi connectivity index (χ2v) is 4.29. The molecule has 0 aromatic carbocycles. The number of halogens is 1. The molecule has 68 valence electrons. The Bertz CT molecular complexity index is 74.0. The SMILES string of the molecule is CC(C)NCCCCCCI. The van der Waals surface area contributed by atoms with E-state index in [9.17, 15) is 0 Å². The summed E-state index contributed by atoms with van der Waals surface area (Å²) in [6, 6.07) is 0.652. The van der Waals surface area contributed by atoms with Crippen molar-refractivity contribution in [1.82, 2.24) is 5.32 Å². The Balaban J connectivity index is 2.80. The summed E-state index contributed by atoms with van der Waals surface area (Å²) < 4.78 is 1.31. The molecule has 0 amide bonds. The highest BCUT2D eigenvalue weighted by Crippen LogP contribution is 2.01. The second-order valence-electron chi connectivity index (χ2n) is 3.21. The second kappa shape index (κ2) is 8.78. The van der Waals surface area contributed by atoms with Crippen LogP contribution in [0.3, 0.4) is 0 Å². The first-order valence-electron chi connectivity index (χ1n) is 4.56. The zero-order chi connectivity index (χ0) is 8.53. The number of nitrogens with one attached hydrogen (secondary N) is 1. The summed E-state index contributed by atoms with van der Waals surface area (Å²) in [5.74, 6) is 0. The van der Waals surface area contributed by atoms with E-state index in [4.69, 9.17) is 0 Å². The van der Waals surface area contributed by atoms with Gasteiger partial charge in [0, 0.05) is 6.04 Å². The summed E-state index contributed by atoms with van der Waals surface area (Å²) in [4.78, 5) is 0. The van der Waals surface area contributed by atoms with Gasteiger partial charge in [0.05, 0.1) is 0 Å². The first-order valence-corrected chi connectivity index (χ1v) is 6.09. The van der Waals surface area contributed by atoms with E-state index in [0.29, 0.717) is 6.04 Å². The van der Waals surface area contributed by atoms with Crippen molar-refractivity contribution in [3.8, 4) is 0 Å². The molecule has 0 saturated carbocycles. The molecule has 0 aromatic heterocycles. The van der Waals surface area contributed by atoms with Crippen LogP contribution in [0.4, 0.5) is 0 Å². The normalized spacial score (nSPS) is 10.9. The molecule has 0 spiro atoms. The van der Waals surface area contributed by atoms with E-state index in [0.717, 1.165) is 0 Å². The predicted molar refractivity (Wildman–Crippen MR) is 60.5 cm³/mol. The summed E-state index contributed by atoms with van der Waals surface area (Å²) >= 11 is 2.44. The van der Waals surface area contributed by atoms with Gasteiger partial charge in [0.15, 0.2) is 0 Å². The third kappa shape index (κ3) is 10.7. The van der Waals surface area contributed by atoms with Crippen LogP contribution in [0.1, 0.15) is 39.5 Å². The van der Waals surface area contributed by atoms with Gasteiger partial charge in [0.25, 0.3) is 0 Å². The highest BCUT2D eigenvalue weighted by molar-refractivity contribution is 14.1. The highest BCUT2D eigenvalue weighted by Gasteiger charge is 1.91. The Morgan fingerprint density at radius 1 is 1.09 bits per heavy atom. The van der Waals surface area contributed by atoms with E-state index in [1.54, 1.807) is 0 Å². The van der Waals surface area contributed by atoms with Crippen LogP contribution in [-0.2, 0) is 0 Å².